The van der Waals surface area contributed by atoms with E-state index in [4.69, 9.17) is 50.3 Å². The predicted molar refractivity (Wildman–Crippen MR) is 516 cm³/mol. The average Bonchev–Trinajstić information content (AvgIpc) is 0.852. The first kappa shape index (κ1) is 127. The quantitative estimate of drug-likeness (QED) is 0.0154. The van der Waals surface area contributed by atoms with Gasteiger partial charge in [-0.2, -0.15) is 0 Å². The number of carboxylic acid groups (broad SMARTS) is 5. The Bertz CT molecular complexity index is 4220. The molecular formula is C88H158N28O25. The molecule has 0 bridgehead atoms. The molecule has 0 aromatic rings. The monoisotopic (exact) mass is 2010 g/mol. The van der Waals surface area contributed by atoms with Gasteiger partial charge in [0.25, 0.3) is 0 Å². The van der Waals surface area contributed by atoms with Crippen LogP contribution in [0.5, 0.6) is 0 Å². The third-order valence-corrected chi connectivity index (χ3v) is 20.9. The van der Waals surface area contributed by atoms with Gasteiger partial charge in [-0.05, 0) is 150 Å². The van der Waals surface area contributed by atoms with Gasteiger partial charge in [-0.25, -0.2) is 4.79 Å². The lowest BCUT2D eigenvalue weighted by Crippen LogP contribution is -2.61. The van der Waals surface area contributed by atoms with Crippen LogP contribution in [0.1, 0.15) is 239 Å². The number of carboxylic acids is 5. The van der Waals surface area contributed by atoms with Crippen molar-refractivity contribution < 1.29 is 121 Å². The topological polar surface area (TPSA) is 897 Å². The van der Waals surface area contributed by atoms with Crippen LogP contribution in [-0.4, -0.2) is 291 Å². The van der Waals surface area contributed by atoms with Gasteiger partial charge in [0, 0.05) is 26.2 Å². The van der Waals surface area contributed by atoms with Gasteiger partial charge in [0.15, 0.2) is 23.8 Å². The summed E-state index contributed by atoms with van der Waals surface area (Å²) in [7, 11) is 0. The minimum Gasteiger partial charge on any atom is -0.481 e. The van der Waals surface area contributed by atoms with Crippen LogP contribution >= 0.6 is 0 Å². The summed E-state index contributed by atoms with van der Waals surface area (Å²) in [5, 5.41) is 128. The molecular weight excluding hydrogens is 1850 g/mol. The molecule has 0 spiro atoms. The van der Waals surface area contributed by atoms with Gasteiger partial charge in [0.1, 0.15) is 90.6 Å². The normalized spacial score (nSPS) is 14.7. The van der Waals surface area contributed by atoms with E-state index in [9.17, 15) is 121 Å². The second-order valence-corrected chi connectivity index (χ2v) is 38.2. The second-order valence-electron chi connectivity index (χ2n) is 38.2. The first-order valence-corrected chi connectivity index (χ1v) is 47.3. The number of aliphatic carboxylic acids is 5. The van der Waals surface area contributed by atoms with Crippen molar-refractivity contribution in [3.05, 3.63) is 0 Å². The number of nitrogens with two attached hydrogens (primary N) is 5. The molecule has 141 heavy (non-hydrogen) atoms. The van der Waals surface area contributed by atoms with Gasteiger partial charge in [-0.15, -0.1) is 0 Å². The maximum atomic E-state index is 14.9. The fourth-order valence-electron chi connectivity index (χ4n) is 14.3. The standard InChI is InChI=1S/C88H158N28O25/c1-41(2)29-53(105-69(125)49(89)21-17-25-98-85(90)91)76(132)112-60(37-65(117)118)80(136)109-54(30-42(3)4)73(129)102-50(22-18-26-99-86(92)93)70(126)106-57(33-45(9)10)77(133)113-61(38-66(119)120)81(137)110-55(31-43(5)6)74(130)103-51(23-19-27-100-87(94)95)71(127)107-58(34-46(11)12)78(134)114-62(39-67(121)122)82(138)111-56(32-44(7)8)75(131)104-52(24-20-28-101-88(96)97)72(128)108-59(35-47(13)14)79(135)115-63(40-68(123)124)83(139)116-64(84(140)141)36-48(15)16/h41-64H,17-40,89H2,1-16H3,(H,102,129)(H,103,130)(H,104,131)(H,105,125)(H,106,126)(H,107,127)(H,108,128)(H,109,136)(H,110,137)(H,111,138)(H,112,132)(H,113,133)(H,114,134)(H,115,135)(H,116,139)(H,117,118)(H,119,120)(H,121,122)(H,123,124)(H,140,141)(H4,90,91,98)(H4,92,93,99)(H4,94,95,100)(H4,96,97,101)/t49-,50-,51-,52-,53-,54-,55-,56-,57-,58-,59-,60-,61-,62-,63-,64-/m0/s1. The van der Waals surface area contributed by atoms with Crippen molar-refractivity contribution in [1.29, 1.82) is 21.6 Å². The number of carbonyl (C=O) groups excluding carboxylic acids is 15. The summed E-state index contributed by atoms with van der Waals surface area (Å²) in [6.07, 6.45) is -6.31. The Morgan fingerprint density at radius 2 is 0.340 bits per heavy atom. The minimum atomic E-state index is -2.06. The van der Waals surface area contributed by atoms with E-state index in [2.05, 4.69) is 101 Å². The van der Waals surface area contributed by atoms with Crippen LogP contribution in [0.15, 0.2) is 0 Å². The van der Waals surface area contributed by atoms with Crippen LogP contribution in [0, 0.1) is 69.0 Å². The maximum Gasteiger partial charge on any atom is 0.326 e. The zero-order chi connectivity index (χ0) is 108. The number of nitrogens with one attached hydrogen (secondary N) is 23. The maximum absolute atomic E-state index is 14.9. The van der Waals surface area contributed by atoms with Crippen molar-refractivity contribution in [3.8, 4) is 0 Å². The van der Waals surface area contributed by atoms with Gasteiger partial charge < -0.3 is 155 Å². The molecule has 38 N–H and O–H groups in total. The number of carbonyl (C=O) groups is 20. The van der Waals surface area contributed by atoms with Crippen molar-refractivity contribution in [2.75, 3.05) is 26.2 Å². The van der Waals surface area contributed by atoms with Crippen molar-refractivity contribution in [3.63, 3.8) is 0 Å². The smallest absolute Gasteiger partial charge is 0.326 e. The van der Waals surface area contributed by atoms with Crippen LogP contribution < -0.4 is 130 Å². The van der Waals surface area contributed by atoms with Crippen LogP contribution in [0.2, 0.25) is 0 Å². The Hall–Kier alpha value is -13.6. The summed E-state index contributed by atoms with van der Waals surface area (Å²) >= 11 is 0. The van der Waals surface area contributed by atoms with Gasteiger partial charge in [-0.3, -0.25) is 113 Å². The van der Waals surface area contributed by atoms with E-state index in [1.54, 1.807) is 111 Å². The molecule has 53 heteroatoms. The Labute approximate surface area is 821 Å². The molecule has 0 aliphatic heterocycles. The molecule has 0 heterocycles. The van der Waals surface area contributed by atoms with Crippen LogP contribution in [0.4, 0.5) is 0 Å². The minimum absolute atomic E-state index is 0.00976. The number of hydrogen-bond donors (Lipinski definition) is 33. The Kier molecular flexibility index (Phi) is 59.8. The zero-order valence-electron chi connectivity index (χ0n) is 83.6. The summed E-state index contributed by atoms with van der Waals surface area (Å²) in [5.41, 5.74) is 28.0. The van der Waals surface area contributed by atoms with Gasteiger partial charge in [0.05, 0.1) is 31.7 Å². The molecule has 0 rings (SSSR count). The van der Waals surface area contributed by atoms with Gasteiger partial charge in [0.2, 0.25) is 88.6 Å². The summed E-state index contributed by atoms with van der Waals surface area (Å²) in [6.45, 7) is 26.5. The molecule has 0 aromatic carbocycles. The van der Waals surface area contributed by atoms with E-state index in [0.29, 0.717) is 6.42 Å². The van der Waals surface area contributed by atoms with E-state index in [1.807, 2.05) is 0 Å². The number of guanidine groups is 4. The summed E-state index contributed by atoms with van der Waals surface area (Å²) in [5.74, 6) is -29.3. The molecule has 0 saturated heterocycles. The largest absolute Gasteiger partial charge is 0.481 e. The lowest BCUT2D eigenvalue weighted by molar-refractivity contribution is -0.144. The lowest BCUT2D eigenvalue weighted by Gasteiger charge is -2.29. The lowest BCUT2D eigenvalue weighted by atomic mass is 9.99. The molecule has 15 amide bonds. The average molecular weight is 2010 g/mol. The molecule has 800 valence electrons. The third kappa shape index (κ3) is 56.3. The summed E-state index contributed by atoms with van der Waals surface area (Å²) in [4.78, 5) is 278. The second kappa shape index (κ2) is 66.1. The first-order chi connectivity index (χ1) is 65.5. The third-order valence-electron chi connectivity index (χ3n) is 20.9. The molecule has 16 atom stereocenters. The van der Waals surface area contributed by atoms with Crippen molar-refractivity contribution in [2.24, 2.45) is 76.0 Å². The van der Waals surface area contributed by atoms with E-state index < -0.39 is 294 Å². The number of hydrogen-bond acceptors (Lipinski definition) is 25. The van der Waals surface area contributed by atoms with Gasteiger partial charge in [-0.1, -0.05) is 111 Å². The highest BCUT2D eigenvalue weighted by atomic mass is 16.4. The predicted octanol–water partition coefficient (Wildman–Crippen LogP) is -5.01. The van der Waals surface area contributed by atoms with Crippen molar-refractivity contribution in [1.82, 2.24) is 101 Å². The Morgan fingerprint density at radius 1 is 0.206 bits per heavy atom. The molecule has 0 aromatic heterocycles. The van der Waals surface area contributed by atoms with E-state index in [1.165, 1.54) is 0 Å². The SMILES string of the molecule is CC(C)C[C@H](NC(=O)[C@H](CC(=O)O)NC(=O)[C@H](CC(C)C)NC(=O)[C@H](CCCNC(=N)N)NC(=O)[C@H](CC(C)C)NC(=O)[C@H](CC(=O)O)NC(=O)[C@H](CC(C)C)NC(=O)[C@H](CCCNC(=N)N)NC(=O)[C@H](CC(C)C)NC(=O)[C@H](CC(=O)O)NC(=O)[C@H](CC(C)C)NC(=O)[C@H](CCCNC(=N)N)NC(=O)[C@H](CC(C)C)NC(=O)[C@H](CC(=O)O)NC(=O)[C@H](CC(C)C)NC(=O)[C@@H](N)CCCNC(=N)N)C(=O)O. The number of amides is 15. The van der Waals surface area contributed by atoms with E-state index in [-0.39, 0.29) is 140 Å². The molecule has 0 fully saturated rings. The Morgan fingerprint density at radius 3 is 0.504 bits per heavy atom. The molecule has 0 aliphatic carbocycles. The highest BCUT2D eigenvalue weighted by Gasteiger charge is 2.41. The fourth-order valence-corrected chi connectivity index (χ4v) is 14.3. The van der Waals surface area contributed by atoms with E-state index in [0.717, 1.165) is 0 Å². The zero-order valence-corrected chi connectivity index (χ0v) is 83.6. The van der Waals surface area contributed by atoms with Crippen LogP contribution in [-0.2, 0) is 95.9 Å². The van der Waals surface area contributed by atoms with Crippen LogP contribution in [0.25, 0.3) is 0 Å². The van der Waals surface area contributed by atoms with Crippen molar-refractivity contribution >= 4 is 142 Å². The first-order valence-electron chi connectivity index (χ1n) is 47.3. The number of rotatable bonds is 71. The highest BCUT2D eigenvalue weighted by Crippen LogP contribution is 2.19. The molecule has 0 saturated carbocycles. The van der Waals surface area contributed by atoms with E-state index >= 15 is 0 Å². The Balaban J connectivity index is 7.68. The van der Waals surface area contributed by atoms with Crippen LogP contribution in [0.3, 0.4) is 0 Å². The fraction of sp³-hybridized carbons (Fsp3) is 0.727. The van der Waals surface area contributed by atoms with Crippen molar-refractivity contribution in [2.45, 2.75) is 336 Å². The highest BCUT2D eigenvalue weighted by molar-refractivity contribution is 6.02. The molecule has 53 nitrogen and oxygen atoms in total. The molecule has 0 unspecified atom stereocenters. The molecule has 0 aliphatic rings. The molecule has 0 radical (unpaired) electrons. The summed E-state index contributed by atoms with van der Waals surface area (Å²) < 4.78 is 0. The summed E-state index contributed by atoms with van der Waals surface area (Å²) in [6, 6.07) is -26.5. The van der Waals surface area contributed by atoms with Gasteiger partial charge >= 0.3 is 29.8 Å².